The Labute approximate surface area is 153 Å². The van der Waals surface area contributed by atoms with Crippen molar-refractivity contribution in [3.63, 3.8) is 0 Å². The van der Waals surface area contributed by atoms with E-state index < -0.39 is 0 Å². The number of hydrogen-bond acceptors (Lipinski definition) is 3. The van der Waals surface area contributed by atoms with E-state index in [0.29, 0.717) is 5.56 Å². The molecule has 2 aromatic carbocycles. The molecule has 0 aliphatic carbocycles. The van der Waals surface area contributed by atoms with Crippen LogP contribution in [0.3, 0.4) is 0 Å². The maximum absolute atomic E-state index is 12.6. The first-order chi connectivity index (χ1) is 12.6. The minimum atomic E-state index is -0.103. The number of nitrogens with one attached hydrogen (secondary N) is 1. The largest absolute Gasteiger partial charge is 0.322 e. The average molecular weight is 346 g/mol. The fourth-order valence-electron chi connectivity index (χ4n) is 3.34. The molecular weight excluding hydrogens is 324 g/mol. The Morgan fingerprint density at radius 2 is 1.92 bits per heavy atom. The molecule has 132 valence electrons. The van der Waals surface area contributed by atoms with Crippen LogP contribution in [0.15, 0.2) is 42.5 Å². The summed E-state index contributed by atoms with van der Waals surface area (Å²) in [5.41, 5.74) is 4.70. The Morgan fingerprint density at radius 3 is 2.77 bits per heavy atom. The Morgan fingerprint density at radius 1 is 1.04 bits per heavy atom. The summed E-state index contributed by atoms with van der Waals surface area (Å²) >= 11 is 0. The molecule has 5 nitrogen and oxygen atoms in total. The van der Waals surface area contributed by atoms with Crippen LogP contribution < -0.4 is 5.32 Å². The van der Waals surface area contributed by atoms with E-state index in [0.717, 1.165) is 47.8 Å². The zero-order valence-corrected chi connectivity index (χ0v) is 15.1. The van der Waals surface area contributed by atoms with Crippen molar-refractivity contribution in [1.29, 1.82) is 0 Å². The number of amides is 1. The number of anilines is 1. The van der Waals surface area contributed by atoms with Gasteiger partial charge in [-0.2, -0.15) is 0 Å². The maximum Gasteiger partial charge on any atom is 0.255 e. The van der Waals surface area contributed by atoms with Crippen LogP contribution in [-0.2, 0) is 13.0 Å². The number of rotatable bonds is 3. The Bertz CT molecular complexity index is 974. The number of benzene rings is 2. The second kappa shape index (κ2) is 6.75. The lowest BCUT2D eigenvalue weighted by Crippen LogP contribution is -2.13. The third-order valence-corrected chi connectivity index (χ3v) is 5.01. The highest BCUT2D eigenvalue weighted by molar-refractivity contribution is 6.04. The normalized spacial score (nSPS) is 13.3. The summed E-state index contributed by atoms with van der Waals surface area (Å²) in [5.74, 6) is 1.83. The number of carbonyl (C=O) groups is 1. The summed E-state index contributed by atoms with van der Waals surface area (Å²) in [5, 5.41) is 11.7. The van der Waals surface area contributed by atoms with Crippen LogP contribution in [0.25, 0.3) is 11.4 Å². The standard InChI is InChI=1S/C21H22N4O/c1-14-9-10-17(12-15(14)2)21(26)22-18-7-5-6-16(13-18)20-24-23-19-8-3-4-11-25(19)20/h5-7,9-10,12-13H,3-4,8,11H2,1-2H3,(H,22,26). The molecule has 1 aliphatic rings. The summed E-state index contributed by atoms with van der Waals surface area (Å²) in [4.78, 5) is 12.6. The highest BCUT2D eigenvalue weighted by Gasteiger charge is 2.17. The molecule has 0 spiro atoms. The van der Waals surface area contributed by atoms with Gasteiger partial charge in [-0.1, -0.05) is 18.2 Å². The van der Waals surface area contributed by atoms with Gasteiger partial charge in [-0.25, -0.2) is 0 Å². The minimum absolute atomic E-state index is 0.103. The van der Waals surface area contributed by atoms with Gasteiger partial charge in [-0.3, -0.25) is 4.79 Å². The van der Waals surface area contributed by atoms with E-state index in [1.54, 1.807) is 0 Å². The van der Waals surface area contributed by atoms with Crippen molar-refractivity contribution in [2.45, 2.75) is 39.7 Å². The van der Waals surface area contributed by atoms with Crippen LogP contribution in [-0.4, -0.2) is 20.7 Å². The zero-order chi connectivity index (χ0) is 18.1. The molecule has 0 radical (unpaired) electrons. The number of fused-ring (bicyclic) bond motifs is 1. The van der Waals surface area contributed by atoms with Gasteiger partial charge in [-0.05, 0) is 62.1 Å². The topological polar surface area (TPSA) is 59.8 Å². The number of hydrogen-bond donors (Lipinski definition) is 1. The van der Waals surface area contributed by atoms with Gasteiger partial charge in [0.05, 0.1) is 0 Å². The van der Waals surface area contributed by atoms with Gasteiger partial charge in [0.15, 0.2) is 5.82 Å². The third-order valence-electron chi connectivity index (χ3n) is 5.01. The minimum Gasteiger partial charge on any atom is -0.322 e. The van der Waals surface area contributed by atoms with E-state index in [4.69, 9.17) is 0 Å². The quantitative estimate of drug-likeness (QED) is 0.775. The lowest BCUT2D eigenvalue weighted by molar-refractivity contribution is 0.102. The summed E-state index contributed by atoms with van der Waals surface area (Å²) in [6, 6.07) is 13.6. The first kappa shape index (κ1) is 16.5. The number of carbonyl (C=O) groups excluding carboxylic acids is 1. The second-order valence-electron chi connectivity index (χ2n) is 6.88. The Hall–Kier alpha value is -2.95. The van der Waals surface area contributed by atoms with Gasteiger partial charge in [0.25, 0.3) is 5.91 Å². The molecule has 0 saturated heterocycles. The van der Waals surface area contributed by atoms with E-state index in [2.05, 4.69) is 20.1 Å². The van der Waals surface area contributed by atoms with E-state index in [-0.39, 0.29) is 5.91 Å². The lowest BCUT2D eigenvalue weighted by atomic mass is 10.1. The van der Waals surface area contributed by atoms with Crippen LogP contribution in [0.2, 0.25) is 0 Å². The molecule has 3 aromatic rings. The zero-order valence-electron chi connectivity index (χ0n) is 15.1. The first-order valence-electron chi connectivity index (χ1n) is 9.03. The number of aromatic nitrogens is 3. The predicted octanol–water partition coefficient (Wildman–Crippen LogP) is 4.15. The van der Waals surface area contributed by atoms with Gasteiger partial charge in [0.2, 0.25) is 0 Å². The van der Waals surface area contributed by atoms with Crippen molar-refractivity contribution < 1.29 is 4.79 Å². The smallest absolute Gasteiger partial charge is 0.255 e. The molecule has 26 heavy (non-hydrogen) atoms. The van der Waals surface area contributed by atoms with Gasteiger partial charge in [0.1, 0.15) is 5.82 Å². The molecular formula is C21H22N4O. The molecule has 0 unspecified atom stereocenters. The molecule has 5 heteroatoms. The Balaban J connectivity index is 1.59. The van der Waals surface area contributed by atoms with Crippen molar-refractivity contribution in [3.05, 3.63) is 65.0 Å². The molecule has 0 fully saturated rings. The van der Waals surface area contributed by atoms with Crippen LogP contribution in [0.4, 0.5) is 5.69 Å². The fourth-order valence-corrected chi connectivity index (χ4v) is 3.34. The summed E-state index contributed by atoms with van der Waals surface area (Å²) in [6.45, 7) is 5.01. The summed E-state index contributed by atoms with van der Waals surface area (Å²) in [6.07, 6.45) is 3.31. The van der Waals surface area contributed by atoms with Crippen molar-refractivity contribution in [3.8, 4) is 11.4 Å². The molecule has 1 amide bonds. The molecule has 1 N–H and O–H groups in total. The highest BCUT2D eigenvalue weighted by atomic mass is 16.1. The molecule has 2 heterocycles. The predicted molar refractivity (Wildman–Crippen MR) is 102 cm³/mol. The molecule has 1 aliphatic heterocycles. The third kappa shape index (κ3) is 3.12. The van der Waals surface area contributed by atoms with Crippen molar-refractivity contribution >= 4 is 11.6 Å². The summed E-state index contributed by atoms with van der Waals surface area (Å²) in [7, 11) is 0. The van der Waals surface area contributed by atoms with E-state index in [1.165, 1.54) is 12.0 Å². The molecule has 4 rings (SSSR count). The molecule has 0 atom stereocenters. The van der Waals surface area contributed by atoms with Gasteiger partial charge < -0.3 is 9.88 Å². The molecule has 1 aromatic heterocycles. The molecule has 0 saturated carbocycles. The van der Waals surface area contributed by atoms with Gasteiger partial charge in [-0.15, -0.1) is 10.2 Å². The van der Waals surface area contributed by atoms with Crippen molar-refractivity contribution in [2.75, 3.05) is 5.32 Å². The number of aryl methyl sites for hydroxylation is 3. The van der Waals surface area contributed by atoms with Crippen molar-refractivity contribution in [2.24, 2.45) is 0 Å². The number of nitrogens with zero attached hydrogens (tertiary/aromatic N) is 3. The van der Waals surface area contributed by atoms with Crippen LogP contribution in [0, 0.1) is 13.8 Å². The van der Waals surface area contributed by atoms with Crippen LogP contribution in [0.1, 0.15) is 40.2 Å². The maximum atomic E-state index is 12.6. The van der Waals surface area contributed by atoms with E-state index in [1.807, 2.05) is 56.3 Å². The SMILES string of the molecule is Cc1ccc(C(=O)Nc2cccc(-c3nnc4n3CCCC4)c2)cc1C. The average Bonchev–Trinajstić information content (AvgIpc) is 3.08. The highest BCUT2D eigenvalue weighted by Crippen LogP contribution is 2.25. The second-order valence-corrected chi connectivity index (χ2v) is 6.88. The van der Waals surface area contributed by atoms with E-state index >= 15 is 0 Å². The van der Waals surface area contributed by atoms with Crippen LogP contribution >= 0.6 is 0 Å². The molecule has 0 bridgehead atoms. The van der Waals surface area contributed by atoms with Crippen molar-refractivity contribution in [1.82, 2.24) is 14.8 Å². The Kier molecular flexibility index (Phi) is 4.29. The van der Waals surface area contributed by atoms with E-state index in [9.17, 15) is 4.79 Å². The van der Waals surface area contributed by atoms with Crippen LogP contribution in [0.5, 0.6) is 0 Å². The van der Waals surface area contributed by atoms with Gasteiger partial charge >= 0.3 is 0 Å². The summed E-state index contributed by atoms with van der Waals surface area (Å²) < 4.78 is 2.19. The lowest BCUT2D eigenvalue weighted by Gasteiger charge is -2.15. The fraction of sp³-hybridized carbons (Fsp3) is 0.286. The monoisotopic (exact) mass is 346 g/mol. The first-order valence-corrected chi connectivity index (χ1v) is 9.03. The van der Waals surface area contributed by atoms with Gasteiger partial charge in [0, 0.05) is 29.8 Å².